The summed E-state index contributed by atoms with van der Waals surface area (Å²) in [7, 11) is 0. The predicted molar refractivity (Wildman–Crippen MR) is 57.3 cm³/mol. The highest BCUT2D eigenvalue weighted by molar-refractivity contribution is 5.69. The second-order valence-corrected chi connectivity index (χ2v) is 3.10. The third kappa shape index (κ3) is 2.28. The SMILES string of the molecule is Fc1ncccc1/C=C/c1cccnc1F. The third-order valence-electron chi connectivity index (χ3n) is 2.02. The Morgan fingerprint density at radius 1 is 0.812 bits per heavy atom. The van der Waals surface area contributed by atoms with Gasteiger partial charge in [0.25, 0.3) is 0 Å². The molecule has 0 unspecified atom stereocenters. The van der Waals surface area contributed by atoms with E-state index in [1.807, 2.05) is 0 Å². The van der Waals surface area contributed by atoms with Crippen LogP contribution in [0.2, 0.25) is 0 Å². The Morgan fingerprint density at radius 2 is 1.25 bits per heavy atom. The van der Waals surface area contributed by atoms with Crippen LogP contribution in [0, 0.1) is 11.9 Å². The number of hydrogen-bond donors (Lipinski definition) is 0. The predicted octanol–water partition coefficient (Wildman–Crippen LogP) is 2.93. The van der Waals surface area contributed by atoms with E-state index in [2.05, 4.69) is 9.97 Å². The van der Waals surface area contributed by atoms with Gasteiger partial charge in [-0.2, -0.15) is 8.78 Å². The molecule has 80 valence electrons. The molecule has 0 N–H and O–H groups in total. The molecular weight excluding hydrogens is 210 g/mol. The van der Waals surface area contributed by atoms with Crippen LogP contribution in [0.25, 0.3) is 12.2 Å². The van der Waals surface area contributed by atoms with Crippen molar-refractivity contribution in [3.8, 4) is 0 Å². The molecule has 2 rings (SSSR count). The summed E-state index contributed by atoms with van der Waals surface area (Å²) in [6.07, 6.45) is 5.64. The smallest absolute Gasteiger partial charge is 0.220 e. The van der Waals surface area contributed by atoms with Crippen LogP contribution in [0.4, 0.5) is 8.78 Å². The van der Waals surface area contributed by atoms with Crippen molar-refractivity contribution in [2.75, 3.05) is 0 Å². The molecule has 2 aromatic rings. The van der Waals surface area contributed by atoms with E-state index in [1.54, 1.807) is 24.3 Å². The molecule has 0 saturated carbocycles. The Bertz CT molecular complexity index is 476. The molecule has 0 fully saturated rings. The van der Waals surface area contributed by atoms with Crippen LogP contribution in [-0.4, -0.2) is 9.97 Å². The Kier molecular flexibility index (Phi) is 3.00. The normalized spacial score (nSPS) is 10.9. The molecule has 0 saturated heterocycles. The minimum atomic E-state index is -0.581. The molecule has 0 spiro atoms. The summed E-state index contributed by atoms with van der Waals surface area (Å²) in [6.45, 7) is 0. The van der Waals surface area contributed by atoms with Crippen molar-refractivity contribution in [3.05, 3.63) is 59.7 Å². The third-order valence-corrected chi connectivity index (χ3v) is 2.02. The second-order valence-electron chi connectivity index (χ2n) is 3.10. The molecule has 2 aromatic heterocycles. The fourth-order valence-corrected chi connectivity index (χ4v) is 1.23. The summed E-state index contributed by atoms with van der Waals surface area (Å²) >= 11 is 0. The molecular formula is C12H8F2N2. The molecule has 0 radical (unpaired) electrons. The van der Waals surface area contributed by atoms with Crippen LogP contribution in [0.1, 0.15) is 11.1 Å². The van der Waals surface area contributed by atoms with Crippen molar-refractivity contribution < 1.29 is 8.78 Å². The summed E-state index contributed by atoms with van der Waals surface area (Å²) in [5.74, 6) is -1.16. The highest BCUT2D eigenvalue weighted by atomic mass is 19.1. The van der Waals surface area contributed by atoms with Gasteiger partial charge in [-0.25, -0.2) is 9.97 Å². The van der Waals surface area contributed by atoms with E-state index in [9.17, 15) is 8.78 Å². The Labute approximate surface area is 91.3 Å². The van der Waals surface area contributed by atoms with Gasteiger partial charge < -0.3 is 0 Å². The minimum absolute atomic E-state index is 0.311. The summed E-state index contributed by atoms with van der Waals surface area (Å²) in [5, 5.41) is 0. The Hall–Kier alpha value is -2.10. The van der Waals surface area contributed by atoms with Crippen LogP contribution >= 0.6 is 0 Å². The first kappa shape index (κ1) is 10.4. The maximum atomic E-state index is 13.1. The quantitative estimate of drug-likeness (QED) is 0.724. The van der Waals surface area contributed by atoms with Gasteiger partial charge in [0.2, 0.25) is 11.9 Å². The van der Waals surface area contributed by atoms with E-state index in [0.717, 1.165) is 0 Å². The summed E-state index contributed by atoms with van der Waals surface area (Å²) in [6, 6.07) is 6.35. The first-order valence-electron chi connectivity index (χ1n) is 4.66. The van der Waals surface area contributed by atoms with E-state index in [4.69, 9.17) is 0 Å². The first-order valence-corrected chi connectivity index (χ1v) is 4.66. The van der Waals surface area contributed by atoms with Crippen LogP contribution in [0.3, 0.4) is 0 Å². The number of halogens is 2. The van der Waals surface area contributed by atoms with Crippen LogP contribution < -0.4 is 0 Å². The zero-order chi connectivity index (χ0) is 11.4. The monoisotopic (exact) mass is 218 g/mol. The topological polar surface area (TPSA) is 25.8 Å². The molecule has 4 heteroatoms. The minimum Gasteiger partial charge on any atom is -0.228 e. The molecule has 0 aromatic carbocycles. The number of nitrogens with zero attached hydrogens (tertiary/aromatic N) is 2. The lowest BCUT2D eigenvalue weighted by atomic mass is 10.2. The molecule has 0 amide bonds. The molecule has 0 bridgehead atoms. The number of rotatable bonds is 2. The lowest BCUT2D eigenvalue weighted by molar-refractivity contribution is 0.579. The molecule has 16 heavy (non-hydrogen) atoms. The van der Waals surface area contributed by atoms with Crippen molar-refractivity contribution in [1.29, 1.82) is 0 Å². The van der Waals surface area contributed by atoms with Gasteiger partial charge in [-0.3, -0.25) is 0 Å². The molecule has 0 aliphatic rings. The van der Waals surface area contributed by atoms with E-state index >= 15 is 0 Å². The van der Waals surface area contributed by atoms with Gasteiger partial charge in [-0.05, 0) is 36.4 Å². The number of hydrogen-bond acceptors (Lipinski definition) is 2. The number of aromatic nitrogens is 2. The van der Waals surface area contributed by atoms with Crippen molar-refractivity contribution in [2.45, 2.75) is 0 Å². The van der Waals surface area contributed by atoms with Gasteiger partial charge in [0.1, 0.15) is 0 Å². The highest BCUT2D eigenvalue weighted by Crippen LogP contribution is 2.11. The lowest BCUT2D eigenvalue weighted by Gasteiger charge is -1.96. The van der Waals surface area contributed by atoms with Crippen molar-refractivity contribution >= 4 is 12.2 Å². The summed E-state index contributed by atoms with van der Waals surface area (Å²) < 4.78 is 26.2. The molecule has 2 nitrogen and oxygen atoms in total. The zero-order valence-electron chi connectivity index (χ0n) is 8.27. The van der Waals surface area contributed by atoms with Crippen molar-refractivity contribution in [3.63, 3.8) is 0 Å². The van der Waals surface area contributed by atoms with Crippen LogP contribution in [0.5, 0.6) is 0 Å². The Morgan fingerprint density at radius 3 is 1.62 bits per heavy atom. The molecule has 0 aliphatic heterocycles. The maximum Gasteiger partial charge on any atom is 0.220 e. The fourth-order valence-electron chi connectivity index (χ4n) is 1.23. The summed E-state index contributed by atoms with van der Waals surface area (Å²) in [5.41, 5.74) is 0.622. The number of pyridine rings is 2. The van der Waals surface area contributed by atoms with Crippen molar-refractivity contribution in [2.24, 2.45) is 0 Å². The molecule has 2 heterocycles. The standard InChI is InChI=1S/C12H8F2N2/c13-11-9(3-1-7-15-11)5-6-10-4-2-8-16-12(10)14/h1-8H/b6-5+. The summed E-state index contributed by atoms with van der Waals surface area (Å²) in [4.78, 5) is 6.97. The van der Waals surface area contributed by atoms with E-state index in [1.165, 1.54) is 24.5 Å². The van der Waals surface area contributed by atoms with Gasteiger partial charge in [0, 0.05) is 23.5 Å². The Balaban J connectivity index is 2.29. The molecule has 0 atom stereocenters. The fraction of sp³-hybridized carbons (Fsp3) is 0. The van der Waals surface area contributed by atoms with Gasteiger partial charge in [0.05, 0.1) is 0 Å². The molecule has 0 aliphatic carbocycles. The maximum absolute atomic E-state index is 13.1. The average Bonchev–Trinajstić information content (AvgIpc) is 2.30. The highest BCUT2D eigenvalue weighted by Gasteiger charge is 1.99. The van der Waals surface area contributed by atoms with E-state index in [-0.39, 0.29) is 0 Å². The van der Waals surface area contributed by atoms with E-state index < -0.39 is 11.9 Å². The van der Waals surface area contributed by atoms with Crippen molar-refractivity contribution in [1.82, 2.24) is 9.97 Å². The zero-order valence-corrected chi connectivity index (χ0v) is 8.27. The second kappa shape index (κ2) is 4.61. The van der Waals surface area contributed by atoms with Gasteiger partial charge in [-0.1, -0.05) is 0 Å². The van der Waals surface area contributed by atoms with Crippen LogP contribution in [0.15, 0.2) is 36.7 Å². The largest absolute Gasteiger partial charge is 0.228 e. The van der Waals surface area contributed by atoms with Gasteiger partial charge >= 0.3 is 0 Å². The van der Waals surface area contributed by atoms with E-state index in [0.29, 0.717) is 11.1 Å². The lowest BCUT2D eigenvalue weighted by Crippen LogP contribution is -1.87. The van der Waals surface area contributed by atoms with Gasteiger partial charge in [0.15, 0.2) is 0 Å². The van der Waals surface area contributed by atoms with Crippen LogP contribution in [-0.2, 0) is 0 Å². The first-order chi connectivity index (χ1) is 7.77. The van der Waals surface area contributed by atoms with Gasteiger partial charge in [-0.15, -0.1) is 0 Å². The average molecular weight is 218 g/mol.